The van der Waals surface area contributed by atoms with Crippen LogP contribution in [0.3, 0.4) is 0 Å². The van der Waals surface area contributed by atoms with Crippen LogP contribution in [0.15, 0.2) is 47.5 Å². The molecule has 150 valence electrons. The molecule has 4 aliphatic carbocycles. The van der Waals surface area contributed by atoms with Gasteiger partial charge in [0.05, 0.1) is 0 Å². The second-order valence-corrected chi connectivity index (χ2v) is 14.3. The molecule has 0 bridgehead atoms. The van der Waals surface area contributed by atoms with E-state index in [1.807, 2.05) is 12.1 Å². The third kappa shape index (κ3) is 2.81. The van der Waals surface area contributed by atoms with E-state index >= 15 is 0 Å². The summed E-state index contributed by atoms with van der Waals surface area (Å²) in [5.41, 5.74) is 8.79. The van der Waals surface area contributed by atoms with Crippen molar-refractivity contribution in [2.45, 2.75) is 36.2 Å². The van der Waals surface area contributed by atoms with Gasteiger partial charge in [0.2, 0.25) is 0 Å². The van der Waals surface area contributed by atoms with Gasteiger partial charge in [0.15, 0.2) is 0 Å². The average molecular weight is 441 g/mol. The number of hydrogen-bond donors (Lipinski definition) is 0. The van der Waals surface area contributed by atoms with E-state index in [0.717, 1.165) is 21.9 Å². The minimum absolute atomic E-state index is 0.501. The van der Waals surface area contributed by atoms with Crippen LogP contribution in [0.5, 0.6) is 0 Å². The fourth-order valence-corrected chi connectivity index (χ4v) is 10.1. The van der Waals surface area contributed by atoms with Gasteiger partial charge in [0.1, 0.15) is 0 Å². The average Bonchev–Trinajstić information content (AvgIpc) is 3.62. The first-order valence-corrected chi connectivity index (χ1v) is 14.0. The molecule has 6 rings (SSSR count). The van der Waals surface area contributed by atoms with Crippen molar-refractivity contribution >= 4 is 45.4 Å². The summed E-state index contributed by atoms with van der Waals surface area (Å²) in [5.74, 6) is 1.51. The summed E-state index contributed by atoms with van der Waals surface area (Å²) in [6.07, 6.45) is 15.4. The van der Waals surface area contributed by atoms with Crippen molar-refractivity contribution in [3.8, 4) is 0 Å². The van der Waals surface area contributed by atoms with Gasteiger partial charge in [-0.1, -0.05) is 70.8 Å². The molecule has 0 nitrogen and oxygen atoms in total. The number of halogens is 2. The first kappa shape index (κ1) is 18.6. The summed E-state index contributed by atoms with van der Waals surface area (Å²) in [6, 6.07) is 13.1. The van der Waals surface area contributed by atoms with E-state index in [2.05, 4.69) is 48.9 Å². The lowest BCUT2D eigenvalue weighted by atomic mass is 10.1. The second-order valence-electron chi connectivity index (χ2n) is 9.57. The quantitative estimate of drug-likeness (QED) is 0.446. The lowest BCUT2D eigenvalue weighted by molar-refractivity contribution is 0.903. The lowest BCUT2D eigenvalue weighted by Crippen LogP contribution is -2.19. The van der Waals surface area contributed by atoms with E-state index < -0.39 is 10.0 Å². The topological polar surface area (TPSA) is 0 Å². The van der Waals surface area contributed by atoms with Crippen molar-refractivity contribution in [1.82, 2.24) is 0 Å². The van der Waals surface area contributed by atoms with Crippen molar-refractivity contribution in [2.24, 2.45) is 11.8 Å². The highest BCUT2D eigenvalue weighted by molar-refractivity contribution is 8.33. The van der Waals surface area contributed by atoms with Gasteiger partial charge in [-0.05, 0) is 84.4 Å². The molecule has 0 saturated heterocycles. The normalized spacial score (nSPS) is 26.1. The maximum Gasteiger partial charge on any atom is 0.0481 e. The Morgan fingerprint density at radius 2 is 1.10 bits per heavy atom. The molecule has 2 aromatic carbocycles. The first-order chi connectivity index (χ1) is 14.0. The van der Waals surface area contributed by atoms with Crippen molar-refractivity contribution in [1.29, 1.82) is 0 Å². The Kier molecular flexibility index (Phi) is 4.12. The van der Waals surface area contributed by atoms with Crippen molar-refractivity contribution in [2.75, 3.05) is 12.5 Å². The summed E-state index contributed by atoms with van der Waals surface area (Å²) >= 11 is 13.3. The highest BCUT2D eigenvalue weighted by Gasteiger charge is 2.49. The molecule has 0 N–H and O–H groups in total. The summed E-state index contributed by atoms with van der Waals surface area (Å²) in [7, 11) is -1.06. The van der Waals surface area contributed by atoms with Gasteiger partial charge in [-0.3, -0.25) is 0 Å². The molecule has 2 saturated carbocycles. The molecule has 29 heavy (non-hydrogen) atoms. The molecule has 4 aliphatic rings. The molecule has 0 spiro atoms. The van der Waals surface area contributed by atoms with Gasteiger partial charge >= 0.3 is 0 Å². The fourth-order valence-electron chi connectivity index (χ4n) is 5.70. The van der Waals surface area contributed by atoms with Crippen LogP contribution in [0.2, 0.25) is 10.0 Å². The molecule has 0 aliphatic heterocycles. The lowest BCUT2D eigenvalue weighted by Gasteiger charge is -2.47. The SMILES string of the molecule is CS(C)(C1C(C2CC2)=Cc2c(Cl)cccc21)C1C(C2CC2)=Cc2c(Cl)cccc21. The molecule has 2 atom stereocenters. The minimum Gasteiger partial charge on any atom is -0.226 e. The van der Waals surface area contributed by atoms with Gasteiger partial charge in [0.25, 0.3) is 0 Å². The zero-order valence-electron chi connectivity index (χ0n) is 16.9. The molecular formula is C26H26Cl2S. The zero-order chi connectivity index (χ0) is 19.9. The predicted molar refractivity (Wildman–Crippen MR) is 129 cm³/mol. The van der Waals surface area contributed by atoms with Gasteiger partial charge in [-0.25, -0.2) is 10.0 Å². The van der Waals surface area contributed by atoms with Gasteiger partial charge in [0, 0.05) is 20.5 Å². The fraction of sp³-hybridized carbons (Fsp3) is 0.385. The highest BCUT2D eigenvalue weighted by atomic mass is 35.5. The molecule has 0 amide bonds. The summed E-state index contributed by atoms with van der Waals surface area (Å²) < 4.78 is 0. The summed E-state index contributed by atoms with van der Waals surface area (Å²) in [5, 5.41) is 2.82. The second kappa shape index (κ2) is 6.42. The van der Waals surface area contributed by atoms with Crippen molar-refractivity contribution in [3.63, 3.8) is 0 Å². The Balaban J connectivity index is 1.52. The molecule has 0 aromatic heterocycles. The van der Waals surface area contributed by atoms with Crippen LogP contribution in [-0.2, 0) is 0 Å². The largest absolute Gasteiger partial charge is 0.226 e. The van der Waals surface area contributed by atoms with Crippen LogP contribution in [0.1, 0.15) is 58.4 Å². The van der Waals surface area contributed by atoms with Crippen LogP contribution in [0.25, 0.3) is 12.2 Å². The summed E-state index contributed by atoms with van der Waals surface area (Å²) in [6.45, 7) is 0. The van der Waals surface area contributed by atoms with Crippen LogP contribution in [-0.4, -0.2) is 12.5 Å². The van der Waals surface area contributed by atoms with Crippen LogP contribution >= 0.6 is 33.2 Å². The first-order valence-electron chi connectivity index (χ1n) is 10.7. The Morgan fingerprint density at radius 1 is 0.690 bits per heavy atom. The molecular weight excluding hydrogens is 415 g/mol. The van der Waals surface area contributed by atoms with Gasteiger partial charge < -0.3 is 0 Å². The molecule has 2 fully saturated rings. The van der Waals surface area contributed by atoms with Crippen molar-refractivity contribution < 1.29 is 0 Å². The van der Waals surface area contributed by atoms with Crippen LogP contribution in [0.4, 0.5) is 0 Å². The van der Waals surface area contributed by atoms with Crippen molar-refractivity contribution in [3.05, 3.63) is 79.8 Å². The molecule has 2 aromatic rings. The minimum atomic E-state index is -1.06. The highest BCUT2D eigenvalue weighted by Crippen LogP contribution is 2.76. The number of hydrogen-bond acceptors (Lipinski definition) is 0. The molecule has 2 unspecified atom stereocenters. The number of benzene rings is 2. The molecule has 0 radical (unpaired) electrons. The van der Waals surface area contributed by atoms with E-state index in [0.29, 0.717) is 10.5 Å². The standard InChI is InChI=1S/C26H26Cl2S/c1-29(2,25-17-5-3-7-23(27)21(17)13-19(25)15-9-10-15)26-18-6-4-8-24(28)22(18)14-20(26)16-11-12-16/h3-8,13-16,25-26H,9-12H2,1-2H3. The van der Waals surface area contributed by atoms with Crippen LogP contribution in [0, 0.1) is 11.8 Å². The third-order valence-corrected chi connectivity index (χ3v) is 11.4. The predicted octanol–water partition coefficient (Wildman–Crippen LogP) is 8.45. The zero-order valence-corrected chi connectivity index (χ0v) is 19.2. The number of rotatable bonds is 4. The van der Waals surface area contributed by atoms with E-state index in [4.69, 9.17) is 23.2 Å². The van der Waals surface area contributed by atoms with Gasteiger partial charge in [-0.2, -0.15) is 0 Å². The van der Waals surface area contributed by atoms with E-state index in [9.17, 15) is 0 Å². The monoisotopic (exact) mass is 440 g/mol. The van der Waals surface area contributed by atoms with E-state index in [1.165, 1.54) is 47.9 Å². The van der Waals surface area contributed by atoms with E-state index in [1.54, 1.807) is 11.1 Å². The molecule has 3 heteroatoms. The Hall–Kier alpha value is -1.15. The Morgan fingerprint density at radius 3 is 1.48 bits per heavy atom. The Labute approximate surface area is 185 Å². The summed E-state index contributed by atoms with van der Waals surface area (Å²) in [4.78, 5) is 0. The maximum atomic E-state index is 6.66. The number of fused-ring (bicyclic) bond motifs is 2. The maximum absolute atomic E-state index is 6.66. The molecule has 0 heterocycles. The Bertz CT molecular complexity index is 1000. The van der Waals surface area contributed by atoms with Crippen LogP contribution < -0.4 is 0 Å². The third-order valence-electron chi connectivity index (χ3n) is 7.28. The van der Waals surface area contributed by atoms with E-state index in [-0.39, 0.29) is 0 Å². The smallest absolute Gasteiger partial charge is 0.0481 e. The van der Waals surface area contributed by atoms with Gasteiger partial charge in [-0.15, -0.1) is 0 Å².